The summed E-state index contributed by atoms with van der Waals surface area (Å²) in [6.45, 7) is 1.05. The molecule has 1 aromatic carbocycles. The summed E-state index contributed by atoms with van der Waals surface area (Å²) in [7, 11) is -3.85. The van der Waals surface area contributed by atoms with E-state index in [1.165, 1.54) is 18.2 Å². The maximum atomic E-state index is 12.7. The van der Waals surface area contributed by atoms with Crippen LogP contribution in [-0.2, 0) is 10.0 Å². The average Bonchev–Trinajstić information content (AvgIpc) is 2.91. The quantitative estimate of drug-likeness (QED) is 0.766. The largest absolute Gasteiger partial charge is 0.393 e. The third-order valence-electron chi connectivity index (χ3n) is 3.58. The Kier molecular flexibility index (Phi) is 4.55. The highest BCUT2D eigenvalue weighted by Gasteiger charge is 2.41. The summed E-state index contributed by atoms with van der Waals surface area (Å²) in [5, 5.41) is 28.1. The normalized spacial score (nSPS) is 21.9. The fourth-order valence-electron chi connectivity index (χ4n) is 2.35. The van der Waals surface area contributed by atoms with E-state index in [1.54, 1.807) is 6.92 Å². The minimum atomic E-state index is -3.85. The Labute approximate surface area is 129 Å². The second-order valence-electron chi connectivity index (χ2n) is 5.17. The van der Waals surface area contributed by atoms with Crippen molar-refractivity contribution in [2.24, 2.45) is 0 Å². The van der Waals surface area contributed by atoms with E-state index >= 15 is 0 Å². The molecule has 6 nitrogen and oxygen atoms in total. The molecular formula is C15H16N2O4S. The molecular weight excluding hydrogens is 304 g/mol. The molecule has 1 aliphatic heterocycles. The fraction of sp³-hybridized carbons (Fsp3) is 0.400. The number of hydrogen-bond donors (Lipinski definition) is 2. The van der Waals surface area contributed by atoms with Gasteiger partial charge in [0.05, 0.1) is 23.1 Å². The van der Waals surface area contributed by atoms with E-state index in [9.17, 15) is 13.5 Å². The number of aliphatic hydroxyl groups excluding tert-OH is 1. The molecule has 1 aromatic rings. The van der Waals surface area contributed by atoms with Gasteiger partial charge >= 0.3 is 0 Å². The molecule has 2 rings (SSSR count). The second-order valence-corrected chi connectivity index (χ2v) is 7.08. The zero-order valence-corrected chi connectivity index (χ0v) is 12.9. The fourth-order valence-corrected chi connectivity index (χ4v) is 4.00. The molecule has 116 valence electrons. The van der Waals surface area contributed by atoms with Crippen molar-refractivity contribution >= 4 is 10.0 Å². The van der Waals surface area contributed by atoms with Gasteiger partial charge in [0.15, 0.2) is 0 Å². The van der Waals surface area contributed by atoms with Crippen molar-refractivity contribution in [3.8, 4) is 17.9 Å². The maximum absolute atomic E-state index is 12.7. The predicted molar refractivity (Wildman–Crippen MR) is 79.1 cm³/mol. The van der Waals surface area contributed by atoms with Gasteiger partial charge < -0.3 is 10.2 Å². The molecule has 0 saturated carbocycles. The molecule has 0 radical (unpaired) electrons. The van der Waals surface area contributed by atoms with Gasteiger partial charge in [-0.1, -0.05) is 5.92 Å². The first kappa shape index (κ1) is 16.5. The van der Waals surface area contributed by atoms with Crippen molar-refractivity contribution in [1.29, 1.82) is 5.26 Å². The molecule has 0 aromatic heterocycles. The van der Waals surface area contributed by atoms with Gasteiger partial charge in [0.25, 0.3) is 0 Å². The highest BCUT2D eigenvalue weighted by atomic mass is 32.2. The Morgan fingerprint density at radius 1 is 1.45 bits per heavy atom. The van der Waals surface area contributed by atoms with Crippen LogP contribution in [0.4, 0.5) is 0 Å². The van der Waals surface area contributed by atoms with Gasteiger partial charge in [0, 0.05) is 18.7 Å². The number of nitrogens with zero attached hydrogens (tertiary/aromatic N) is 2. The zero-order valence-electron chi connectivity index (χ0n) is 12.1. The standard InChI is InChI=1S/C15H16N2O4S/c1-2-3-13-8-12(9-16)4-5-14(13)22(20,21)17-7-6-15(19,10-17)11-18/h4-5,8,18-19H,6-7,10-11H2,1H3. The molecule has 0 spiro atoms. The smallest absolute Gasteiger partial charge is 0.244 e. The van der Waals surface area contributed by atoms with Crippen molar-refractivity contribution in [2.75, 3.05) is 19.7 Å². The molecule has 1 atom stereocenters. The topological polar surface area (TPSA) is 102 Å². The van der Waals surface area contributed by atoms with E-state index in [1.807, 2.05) is 6.07 Å². The molecule has 1 unspecified atom stereocenters. The van der Waals surface area contributed by atoms with E-state index in [2.05, 4.69) is 11.8 Å². The molecule has 1 heterocycles. The van der Waals surface area contributed by atoms with Crippen LogP contribution in [0.25, 0.3) is 0 Å². The van der Waals surface area contributed by atoms with Gasteiger partial charge in [0.2, 0.25) is 10.0 Å². The molecule has 1 aliphatic rings. The first-order chi connectivity index (χ1) is 10.4. The third-order valence-corrected chi connectivity index (χ3v) is 5.48. The van der Waals surface area contributed by atoms with Gasteiger partial charge in [0.1, 0.15) is 5.60 Å². The van der Waals surface area contributed by atoms with E-state index in [4.69, 9.17) is 10.4 Å². The summed E-state index contributed by atoms with van der Waals surface area (Å²) in [4.78, 5) is 0.00281. The van der Waals surface area contributed by atoms with Crippen LogP contribution in [-0.4, -0.2) is 48.2 Å². The first-order valence-electron chi connectivity index (χ1n) is 6.66. The number of β-amino-alcohol motifs (C(OH)–C–C–N with tert-alkyl or cyclic N) is 1. The van der Waals surface area contributed by atoms with Gasteiger partial charge in [-0.05, 0) is 31.5 Å². The summed E-state index contributed by atoms with van der Waals surface area (Å²) in [6, 6.07) is 6.14. The summed E-state index contributed by atoms with van der Waals surface area (Å²) < 4.78 is 26.6. The number of nitriles is 1. The van der Waals surface area contributed by atoms with Crippen LogP contribution in [0.3, 0.4) is 0 Å². The molecule has 0 bridgehead atoms. The summed E-state index contributed by atoms with van der Waals surface area (Å²) in [5.41, 5.74) is -0.832. The number of rotatable bonds is 3. The van der Waals surface area contributed by atoms with Crippen LogP contribution < -0.4 is 0 Å². The Morgan fingerprint density at radius 2 is 2.18 bits per heavy atom. The SMILES string of the molecule is CC#Cc1cc(C#N)ccc1S(=O)(=O)N1CCC(O)(CO)C1. The Balaban J connectivity index is 2.46. The van der Waals surface area contributed by atoms with Gasteiger partial charge in [-0.25, -0.2) is 8.42 Å². The first-order valence-corrected chi connectivity index (χ1v) is 8.10. The lowest BCUT2D eigenvalue weighted by atomic mass is 10.1. The minimum Gasteiger partial charge on any atom is -0.393 e. The summed E-state index contributed by atoms with van der Waals surface area (Å²) in [6.07, 6.45) is 0.174. The van der Waals surface area contributed by atoms with Crippen molar-refractivity contribution < 1.29 is 18.6 Å². The number of aliphatic hydroxyl groups is 2. The molecule has 7 heteroatoms. The molecule has 0 aliphatic carbocycles. The van der Waals surface area contributed by atoms with Gasteiger partial charge in [-0.15, -0.1) is 5.92 Å². The monoisotopic (exact) mass is 320 g/mol. The van der Waals surface area contributed by atoms with Crippen LogP contribution in [0.15, 0.2) is 23.1 Å². The summed E-state index contributed by atoms with van der Waals surface area (Å²) in [5.74, 6) is 5.33. The van der Waals surface area contributed by atoms with E-state index in [0.717, 1.165) is 4.31 Å². The highest BCUT2D eigenvalue weighted by Crippen LogP contribution is 2.28. The van der Waals surface area contributed by atoms with Gasteiger partial charge in [-0.3, -0.25) is 0 Å². The van der Waals surface area contributed by atoms with E-state index in [-0.39, 0.29) is 30.0 Å². The third kappa shape index (κ3) is 2.99. The van der Waals surface area contributed by atoms with E-state index in [0.29, 0.717) is 5.56 Å². The van der Waals surface area contributed by atoms with Crippen molar-refractivity contribution in [3.05, 3.63) is 29.3 Å². The lowest BCUT2D eigenvalue weighted by Gasteiger charge is -2.21. The van der Waals surface area contributed by atoms with Crippen LogP contribution >= 0.6 is 0 Å². The second kappa shape index (κ2) is 6.07. The van der Waals surface area contributed by atoms with E-state index < -0.39 is 22.2 Å². The number of sulfonamides is 1. The molecule has 0 amide bonds. The molecule has 2 N–H and O–H groups in total. The summed E-state index contributed by atoms with van der Waals surface area (Å²) >= 11 is 0. The van der Waals surface area contributed by atoms with Crippen LogP contribution in [0, 0.1) is 23.2 Å². The number of benzene rings is 1. The minimum absolute atomic E-state index is 0.00281. The number of hydrogen-bond acceptors (Lipinski definition) is 5. The average molecular weight is 320 g/mol. The van der Waals surface area contributed by atoms with Crippen molar-refractivity contribution in [1.82, 2.24) is 4.31 Å². The maximum Gasteiger partial charge on any atom is 0.244 e. The van der Waals surface area contributed by atoms with Crippen molar-refractivity contribution in [2.45, 2.75) is 23.8 Å². The zero-order chi connectivity index (χ0) is 16.4. The molecule has 1 fully saturated rings. The van der Waals surface area contributed by atoms with Crippen LogP contribution in [0.2, 0.25) is 0 Å². The van der Waals surface area contributed by atoms with Crippen LogP contribution in [0.5, 0.6) is 0 Å². The van der Waals surface area contributed by atoms with Crippen LogP contribution in [0.1, 0.15) is 24.5 Å². The van der Waals surface area contributed by atoms with Gasteiger partial charge in [-0.2, -0.15) is 9.57 Å². The predicted octanol–water partition coefficient (Wildman–Crippen LogP) is 0.0475. The Bertz CT molecular complexity index is 786. The highest BCUT2D eigenvalue weighted by molar-refractivity contribution is 7.89. The molecule has 1 saturated heterocycles. The lowest BCUT2D eigenvalue weighted by molar-refractivity contribution is -0.000734. The Hall–Kier alpha value is -1.90. The molecule has 22 heavy (non-hydrogen) atoms. The Morgan fingerprint density at radius 3 is 2.73 bits per heavy atom. The van der Waals surface area contributed by atoms with Crippen molar-refractivity contribution in [3.63, 3.8) is 0 Å². The lowest BCUT2D eigenvalue weighted by Crippen LogP contribution is -2.38.